The van der Waals surface area contributed by atoms with E-state index in [2.05, 4.69) is 73.4 Å². The van der Waals surface area contributed by atoms with Gasteiger partial charge in [-0.1, -0.05) is 17.7 Å². The molecule has 1 fully saturated rings. The molecule has 124 valence electrons. The van der Waals surface area contributed by atoms with Crippen LogP contribution in [0.5, 0.6) is 0 Å². The van der Waals surface area contributed by atoms with Gasteiger partial charge in [-0.05, 0) is 39.8 Å². The number of benzene rings is 1. The molecule has 4 nitrogen and oxygen atoms in total. The lowest BCUT2D eigenvalue weighted by Crippen LogP contribution is -2.51. The molecule has 1 aliphatic heterocycles. The average molecular weight is 312 g/mol. The zero-order chi connectivity index (χ0) is 16.6. The van der Waals surface area contributed by atoms with Crippen molar-refractivity contribution in [2.75, 3.05) is 24.5 Å². The first kappa shape index (κ1) is 16.1. The molecular formula is C19H28N4. The highest BCUT2D eigenvalue weighted by Gasteiger charge is 2.25. The van der Waals surface area contributed by atoms with Gasteiger partial charge < -0.3 is 9.47 Å². The van der Waals surface area contributed by atoms with Crippen LogP contribution in [0.3, 0.4) is 0 Å². The van der Waals surface area contributed by atoms with Crippen molar-refractivity contribution >= 4 is 5.69 Å². The van der Waals surface area contributed by atoms with Crippen molar-refractivity contribution in [3.8, 4) is 0 Å². The molecule has 0 spiro atoms. The number of nitrogens with zero attached hydrogens (tertiary/aromatic N) is 4. The molecule has 2 heterocycles. The fourth-order valence-corrected chi connectivity index (χ4v) is 3.33. The predicted molar refractivity (Wildman–Crippen MR) is 95.9 cm³/mol. The third kappa shape index (κ3) is 3.27. The molecule has 0 aliphatic carbocycles. The van der Waals surface area contributed by atoms with Gasteiger partial charge in [0.1, 0.15) is 5.82 Å². The van der Waals surface area contributed by atoms with Gasteiger partial charge in [0.15, 0.2) is 0 Å². The van der Waals surface area contributed by atoms with Gasteiger partial charge in [-0.3, -0.25) is 4.90 Å². The highest BCUT2D eigenvalue weighted by molar-refractivity contribution is 5.48. The number of aromatic nitrogens is 2. The van der Waals surface area contributed by atoms with E-state index in [-0.39, 0.29) is 0 Å². The number of piperazine rings is 1. The molecule has 1 saturated heterocycles. The Bertz CT molecular complexity index is 671. The minimum Gasteiger partial charge on any atom is -0.369 e. The lowest BCUT2D eigenvalue weighted by atomic mass is 10.1. The standard InChI is InChI=1S/C19H28N4/c1-14-6-8-18(9-7-14)23-11-10-22(15(2)12-23)13-19-20-16(3)17(4)21(19)5/h6-9,15H,10-13H2,1-5H3. The molecule has 3 rings (SSSR count). The maximum atomic E-state index is 4.73. The second-order valence-electron chi connectivity index (χ2n) is 6.86. The molecular weight excluding hydrogens is 284 g/mol. The molecule has 1 aromatic carbocycles. The van der Waals surface area contributed by atoms with Gasteiger partial charge in [-0.15, -0.1) is 0 Å². The Kier molecular flexibility index (Phi) is 4.44. The Labute approximate surface area is 139 Å². The topological polar surface area (TPSA) is 24.3 Å². The van der Waals surface area contributed by atoms with E-state index < -0.39 is 0 Å². The van der Waals surface area contributed by atoms with Crippen LogP contribution in [0.1, 0.15) is 29.7 Å². The monoisotopic (exact) mass is 312 g/mol. The Hall–Kier alpha value is -1.81. The van der Waals surface area contributed by atoms with E-state index in [0.29, 0.717) is 6.04 Å². The molecule has 1 atom stereocenters. The van der Waals surface area contributed by atoms with Gasteiger partial charge in [-0.25, -0.2) is 4.98 Å². The van der Waals surface area contributed by atoms with Crippen molar-refractivity contribution in [1.82, 2.24) is 14.5 Å². The molecule has 1 unspecified atom stereocenters. The smallest absolute Gasteiger partial charge is 0.123 e. The zero-order valence-corrected chi connectivity index (χ0v) is 15.0. The molecule has 0 N–H and O–H groups in total. The second-order valence-corrected chi connectivity index (χ2v) is 6.86. The fourth-order valence-electron chi connectivity index (χ4n) is 3.33. The van der Waals surface area contributed by atoms with Gasteiger partial charge >= 0.3 is 0 Å². The van der Waals surface area contributed by atoms with Crippen LogP contribution in [0.15, 0.2) is 24.3 Å². The summed E-state index contributed by atoms with van der Waals surface area (Å²) in [5, 5.41) is 0. The molecule has 2 aromatic rings. The molecule has 0 bridgehead atoms. The summed E-state index contributed by atoms with van der Waals surface area (Å²) in [6, 6.07) is 9.41. The van der Waals surface area contributed by atoms with Crippen LogP contribution < -0.4 is 4.90 Å². The molecule has 4 heteroatoms. The highest BCUT2D eigenvalue weighted by Crippen LogP contribution is 2.21. The lowest BCUT2D eigenvalue weighted by molar-refractivity contribution is 0.175. The first-order valence-electron chi connectivity index (χ1n) is 8.50. The minimum absolute atomic E-state index is 0.530. The maximum absolute atomic E-state index is 4.73. The van der Waals surface area contributed by atoms with Gasteiger partial charge in [0, 0.05) is 44.1 Å². The largest absolute Gasteiger partial charge is 0.369 e. The highest BCUT2D eigenvalue weighted by atomic mass is 15.3. The Morgan fingerprint density at radius 1 is 1.09 bits per heavy atom. The molecule has 0 amide bonds. The van der Waals surface area contributed by atoms with Crippen molar-refractivity contribution in [3.63, 3.8) is 0 Å². The summed E-state index contributed by atoms with van der Waals surface area (Å²) >= 11 is 0. The van der Waals surface area contributed by atoms with Gasteiger partial charge in [0.05, 0.1) is 12.2 Å². The quantitative estimate of drug-likeness (QED) is 0.870. The third-order valence-corrected chi connectivity index (χ3v) is 5.22. The number of imidazole rings is 1. The van der Waals surface area contributed by atoms with Crippen LogP contribution >= 0.6 is 0 Å². The van der Waals surface area contributed by atoms with Crippen molar-refractivity contribution in [1.29, 1.82) is 0 Å². The van der Waals surface area contributed by atoms with Crippen molar-refractivity contribution < 1.29 is 0 Å². The third-order valence-electron chi connectivity index (χ3n) is 5.22. The summed E-state index contributed by atoms with van der Waals surface area (Å²) in [6.07, 6.45) is 0. The number of hydrogen-bond donors (Lipinski definition) is 0. The minimum atomic E-state index is 0.530. The summed E-state index contributed by atoms with van der Waals surface area (Å²) in [5.74, 6) is 1.18. The van der Waals surface area contributed by atoms with Crippen molar-refractivity contribution in [3.05, 3.63) is 47.0 Å². The molecule has 1 aliphatic rings. The number of anilines is 1. The number of hydrogen-bond acceptors (Lipinski definition) is 3. The van der Waals surface area contributed by atoms with Gasteiger partial charge in [0.2, 0.25) is 0 Å². The maximum Gasteiger partial charge on any atom is 0.123 e. The summed E-state index contributed by atoms with van der Waals surface area (Å²) in [6.45, 7) is 12.9. The SMILES string of the molecule is Cc1ccc(N2CCN(Cc3nc(C)c(C)n3C)C(C)C2)cc1. The van der Waals surface area contributed by atoms with E-state index in [0.717, 1.165) is 31.9 Å². The number of aryl methyl sites for hydroxylation is 2. The van der Waals surface area contributed by atoms with Crippen LogP contribution in [0.25, 0.3) is 0 Å². The summed E-state index contributed by atoms with van der Waals surface area (Å²) in [4.78, 5) is 9.78. The average Bonchev–Trinajstić information content (AvgIpc) is 2.77. The van der Waals surface area contributed by atoms with E-state index in [1.54, 1.807) is 0 Å². The zero-order valence-electron chi connectivity index (χ0n) is 15.0. The summed E-state index contributed by atoms with van der Waals surface area (Å²) in [5.41, 5.74) is 5.08. The van der Waals surface area contributed by atoms with Gasteiger partial charge in [-0.2, -0.15) is 0 Å². The normalized spacial score (nSPS) is 19.3. The first-order valence-corrected chi connectivity index (χ1v) is 8.50. The van der Waals surface area contributed by atoms with E-state index >= 15 is 0 Å². The first-order chi connectivity index (χ1) is 11.0. The predicted octanol–water partition coefficient (Wildman–Crippen LogP) is 3.06. The van der Waals surface area contributed by atoms with Crippen LogP contribution in [0.2, 0.25) is 0 Å². The van der Waals surface area contributed by atoms with E-state index in [4.69, 9.17) is 4.98 Å². The van der Waals surface area contributed by atoms with E-state index in [9.17, 15) is 0 Å². The van der Waals surface area contributed by atoms with Crippen molar-refractivity contribution in [2.45, 2.75) is 40.3 Å². The molecule has 1 aromatic heterocycles. The second kappa shape index (κ2) is 6.36. The van der Waals surface area contributed by atoms with Crippen LogP contribution in [0.4, 0.5) is 5.69 Å². The lowest BCUT2D eigenvalue weighted by Gasteiger charge is -2.40. The molecule has 0 radical (unpaired) electrons. The molecule has 23 heavy (non-hydrogen) atoms. The van der Waals surface area contributed by atoms with Crippen LogP contribution in [-0.2, 0) is 13.6 Å². The Morgan fingerprint density at radius 3 is 2.35 bits per heavy atom. The van der Waals surface area contributed by atoms with E-state index in [1.807, 2.05) is 0 Å². The number of rotatable bonds is 3. The van der Waals surface area contributed by atoms with Crippen LogP contribution in [-0.4, -0.2) is 40.1 Å². The van der Waals surface area contributed by atoms with E-state index in [1.165, 1.54) is 22.8 Å². The summed E-state index contributed by atoms with van der Waals surface area (Å²) in [7, 11) is 2.12. The fraction of sp³-hybridized carbons (Fsp3) is 0.526. The molecule has 0 saturated carbocycles. The Morgan fingerprint density at radius 2 is 1.78 bits per heavy atom. The van der Waals surface area contributed by atoms with Crippen molar-refractivity contribution in [2.24, 2.45) is 7.05 Å². The Balaban J connectivity index is 1.66. The summed E-state index contributed by atoms with van der Waals surface area (Å²) < 4.78 is 2.23. The van der Waals surface area contributed by atoms with Gasteiger partial charge in [0.25, 0.3) is 0 Å². The van der Waals surface area contributed by atoms with Crippen LogP contribution in [0, 0.1) is 20.8 Å².